The third-order valence-electron chi connectivity index (χ3n) is 5.27. The molecule has 0 aliphatic rings. The molecule has 194 valence electrons. The number of rotatable bonds is 7. The third kappa shape index (κ3) is 6.34. The summed E-state index contributed by atoms with van der Waals surface area (Å²) in [5.74, 6) is 0.538. The van der Waals surface area contributed by atoms with Crippen molar-refractivity contribution in [1.29, 1.82) is 0 Å². The van der Waals surface area contributed by atoms with E-state index in [2.05, 4.69) is 20.3 Å². The number of ether oxygens (including phenoxy) is 1. The zero-order chi connectivity index (χ0) is 26.8. The van der Waals surface area contributed by atoms with E-state index in [1.807, 2.05) is 13.8 Å². The number of pyridine rings is 3. The van der Waals surface area contributed by atoms with Gasteiger partial charge in [0.05, 0.1) is 34.6 Å². The second-order valence-electron chi connectivity index (χ2n) is 8.73. The molecule has 0 amide bonds. The predicted molar refractivity (Wildman–Crippen MR) is 127 cm³/mol. The first kappa shape index (κ1) is 26.3. The van der Waals surface area contributed by atoms with E-state index in [4.69, 9.17) is 4.74 Å². The fourth-order valence-electron chi connectivity index (χ4n) is 3.60. The van der Waals surface area contributed by atoms with Crippen LogP contribution in [-0.2, 0) is 23.7 Å². The van der Waals surface area contributed by atoms with Gasteiger partial charge in [-0.2, -0.15) is 26.3 Å². The highest BCUT2D eigenvalue weighted by atomic mass is 19.4. The van der Waals surface area contributed by atoms with Gasteiger partial charge in [0.1, 0.15) is 11.5 Å². The lowest BCUT2D eigenvalue weighted by atomic mass is 10.1. The first-order valence-corrected chi connectivity index (χ1v) is 11.3. The summed E-state index contributed by atoms with van der Waals surface area (Å²) in [4.78, 5) is 12.9. The molecule has 0 unspecified atom stereocenters. The van der Waals surface area contributed by atoms with Gasteiger partial charge >= 0.3 is 12.4 Å². The van der Waals surface area contributed by atoms with Gasteiger partial charge in [-0.1, -0.05) is 13.8 Å². The minimum atomic E-state index is -4.62. The molecule has 0 atom stereocenters. The molecule has 3 aromatic heterocycles. The van der Waals surface area contributed by atoms with Crippen LogP contribution in [0, 0.1) is 5.92 Å². The van der Waals surface area contributed by atoms with E-state index in [9.17, 15) is 26.3 Å². The van der Waals surface area contributed by atoms with Crippen LogP contribution >= 0.6 is 0 Å². The first-order valence-electron chi connectivity index (χ1n) is 11.3. The Kier molecular flexibility index (Phi) is 7.35. The van der Waals surface area contributed by atoms with Crippen LogP contribution in [-0.4, -0.2) is 21.6 Å². The molecule has 0 aliphatic carbocycles. The van der Waals surface area contributed by atoms with Crippen LogP contribution in [0.1, 0.15) is 30.7 Å². The van der Waals surface area contributed by atoms with Crippen molar-refractivity contribution >= 4 is 22.4 Å². The van der Waals surface area contributed by atoms with E-state index in [1.54, 1.807) is 12.1 Å². The second kappa shape index (κ2) is 10.3. The highest BCUT2D eigenvalue weighted by Crippen LogP contribution is 2.36. The Hall–Kier alpha value is -3.73. The molecule has 1 aromatic carbocycles. The molecular weight excluding hydrogens is 498 g/mol. The van der Waals surface area contributed by atoms with Gasteiger partial charge in [-0.05, 0) is 60.5 Å². The lowest BCUT2D eigenvalue weighted by Gasteiger charge is -2.15. The van der Waals surface area contributed by atoms with E-state index in [-0.39, 0.29) is 29.7 Å². The van der Waals surface area contributed by atoms with Crippen molar-refractivity contribution in [3.05, 3.63) is 77.6 Å². The maximum atomic E-state index is 13.6. The summed E-state index contributed by atoms with van der Waals surface area (Å²) in [5, 5.41) is 3.45. The number of benzene rings is 1. The fourth-order valence-corrected chi connectivity index (χ4v) is 3.60. The minimum Gasteiger partial charge on any atom is -0.375 e. The largest absolute Gasteiger partial charge is 0.418 e. The molecule has 0 fully saturated rings. The van der Waals surface area contributed by atoms with Gasteiger partial charge in [0.2, 0.25) is 0 Å². The van der Waals surface area contributed by atoms with Gasteiger partial charge in [0, 0.05) is 23.9 Å². The molecular formula is C26H22F6N4O. The molecule has 4 aromatic rings. The minimum absolute atomic E-state index is 0.0150. The summed E-state index contributed by atoms with van der Waals surface area (Å²) in [5.41, 5.74) is -0.901. The summed E-state index contributed by atoms with van der Waals surface area (Å²) >= 11 is 0. The zero-order valence-electron chi connectivity index (χ0n) is 19.8. The number of nitrogens with zero attached hydrogens (tertiary/aromatic N) is 3. The van der Waals surface area contributed by atoms with Gasteiger partial charge < -0.3 is 10.1 Å². The van der Waals surface area contributed by atoms with E-state index in [1.165, 1.54) is 30.5 Å². The monoisotopic (exact) mass is 520 g/mol. The van der Waals surface area contributed by atoms with Gasteiger partial charge in [-0.15, -0.1) is 0 Å². The summed E-state index contributed by atoms with van der Waals surface area (Å²) in [6.07, 6.45) is -7.84. The van der Waals surface area contributed by atoms with Crippen LogP contribution in [0.3, 0.4) is 0 Å². The molecule has 1 N–H and O–H groups in total. The van der Waals surface area contributed by atoms with Crippen LogP contribution in [0.25, 0.3) is 22.3 Å². The number of nitrogens with one attached hydrogen (secondary N) is 1. The maximum Gasteiger partial charge on any atom is 0.418 e. The topological polar surface area (TPSA) is 59.9 Å². The van der Waals surface area contributed by atoms with Crippen molar-refractivity contribution in [3.8, 4) is 11.4 Å². The number of halogens is 6. The predicted octanol–water partition coefficient (Wildman–Crippen LogP) is 7.65. The summed E-state index contributed by atoms with van der Waals surface area (Å²) in [6.45, 7) is 4.52. The van der Waals surface area contributed by atoms with Crippen molar-refractivity contribution in [2.24, 2.45) is 5.92 Å². The Morgan fingerprint density at radius 1 is 0.892 bits per heavy atom. The Balaban J connectivity index is 1.77. The van der Waals surface area contributed by atoms with E-state index in [0.717, 1.165) is 18.2 Å². The molecule has 0 saturated heterocycles. The molecule has 0 saturated carbocycles. The van der Waals surface area contributed by atoms with Crippen LogP contribution in [0.4, 0.5) is 37.8 Å². The van der Waals surface area contributed by atoms with Crippen LogP contribution < -0.4 is 5.32 Å². The van der Waals surface area contributed by atoms with E-state index in [0.29, 0.717) is 28.9 Å². The van der Waals surface area contributed by atoms with Crippen molar-refractivity contribution in [1.82, 2.24) is 15.0 Å². The molecule has 11 heteroatoms. The van der Waals surface area contributed by atoms with Gasteiger partial charge in [0.15, 0.2) is 0 Å². The highest BCUT2D eigenvalue weighted by Gasteiger charge is 2.34. The second-order valence-corrected chi connectivity index (χ2v) is 8.73. The number of fused-ring (bicyclic) bond motifs is 1. The standard InChI is InChI=1S/C26H22F6N4O/c1-15(2)13-37-14-18-12-22-19(24(35-18)34-17-7-5-16(6-8-17)25(27,28)29)9-10-21(36-22)23-20(26(30,31)32)4-3-11-33-23/h3-12,15H,13-14H2,1-2H3,(H,34,35). The van der Waals surface area contributed by atoms with Crippen molar-refractivity contribution in [2.45, 2.75) is 32.8 Å². The average Bonchev–Trinajstić information content (AvgIpc) is 2.83. The molecule has 0 radical (unpaired) electrons. The Labute approximate surface area is 208 Å². The maximum absolute atomic E-state index is 13.6. The van der Waals surface area contributed by atoms with Crippen molar-refractivity contribution < 1.29 is 31.1 Å². The third-order valence-corrected chi connectivity index (χ3v) is 5.27. The number of hydrogen-bond donors (Lipinski definition) is 1. The molecule has 0 bridgehead atoms. The quantitative estimate of drug-likeness (QED) is 0.254. The number of hydrogen-bond acceptors (Lipinski definition) is 5. The van der Waals surface area contributed by atoms with E-state index >= 15 is 0 Å². The summed E-state index contributed by atoms with van der Waals surface area (Å²) in [6, 6.07) is 11.1. The molecule has 4 rings (SSSR count). The Bertz CT molecular complexity index is 1380. The molecule has 5 nitrogen and oxygen atoms in total. The van der Waals surface area contributed by atoms with Gasteiger partial charge in [0.25, 0.3) is 0 Å². The highest BCUT2D eigenvalue weighted by molar-refractivity contribution is 5.92. The van der Waals surface area contributed by atoms with Crippen LogP contribution in [0.5, 0.6) is 0 Å². The Morgan fingerprint density at radius 2 is 1.62 bits per heavy atom. The smallest absolute Gasteiger partial charge is 0.375 e. The Morgan fingerprint density at radius 3 is 2.27 bits per heavy atom. The summed E-state index contributed by atoms with van der Waals surface area (Å²) < 4.78 is 85.1. The molecule has 0 aliphatic heterocycles. The van der Waals surface area contributed by atoms with Crippen LogP contribution in [0.2, 0.25) is 0 Å². The summed E-state index contributed by atoms with van der Waals surface area (Å²) in [7, 11) is 0. The lowest BCUT2D eigenvalue weighted by Crippen LogP contribution is -2.09. The molecule has 37 heavy (non-hydrogen) atoms. The number of alkyl halides is 6. The first-order chi connectivity index (χ1) is 17.4. The SMILES string of the molecule is CC(C)COCc1cc2nc(-c3ncccc3C(F)(F)F)ccc2c(Nc2ccc(C(F)(F)F)cc2)n1. The molecule has 0 spiro atoms. The fraction of sp³-hybridized carbons (Fsp3) is 0.269. The number of aromatic nitrogens is 3. The average molecular weight is 520 g/mol. The zero-order valence-corrected chi connectivity index (χ0v) is 19.8. The van der Waals surface area contributed by atoms with Gasteiger partial charge in [-0.3, -0.25) is 4.98 Å². The van der Waals surface area contributed by atoms with Crippen molar-refractivity contribution in [2.75, 3.05) is 11.9 Å². The van der Waals surface area contributed by atoms with E-state index < -0.39 is 23.5 Å². The van der Waals surface area contributed by atoms with Crippen molar-refractivity contribution in [3.63, 3.8) is 0 Å². The van der Waals surface area contributed by atoms with Crippen LogP contribution in [0.15, 0.2) is 60.8 Å². The van der Waals surface area contributed by atoms with Gasteiger partial charge in [-0.25, -0.2) is 9.97 Å². The lowest BCUT2D eigenvalue weighted by molar-refractivity contribution is -0.138. The number of anilines is 2. The molecule has 3 heterocycles. The normalized spacial score (nSPS) is 12.4.